The second kappa shape index (κ2) is 13.9. The van der Waals surface area contributed by atoms with Gasteiger partial charge in [-0.05, 0) is 66.2 Å². The number of hydrogen-bond donors (Lipinski definition) is 4. The second-order valence-corrected chi connectivity index (χ2v) is 10.2. The number of methoxy groups -OCH3 is 3. The molecule has 0 aliphatic heterocycles. The van der Waals surface area contributed by atoms with E-state index in [-0.39, 0.29) is 24.6 Å². The Bertz CT molecular complexity index is 1330. The van der Waals surface area contributed by atoms with Gasteiger partial charge in [0.15, 0.2) is 11.5 Å². The second-order valence-electron chi connectivity index (χ2n) is 9.19. The van der Waals surface area contributed by atoms with Gasteiger partial charge in [0.25, 0.3) is 0 Å². The van der Waals surface area contributed by atoms with Crippen LogP contribution >= 0.6 is 11.8 Å². The predicted molar refractivity (Wildman–Crippen MR) is 154 cm³/mol. The number of anilines is 1. The van der Waals surface area contributed by atoms with E-state index in [4.69, 9.17) is 14.2 Å². The van der Waals surface area contributed by atoms with Crippen molar-refractivity contribution >= 4 is 35.2 Å². The number of carboxylic acids is 1. The van der Waals surface area contributed by atoms with E-state index in [1.54, 1.807) is 12.1 Å². The zero-order chi connectivity index (χ0) is 29.4. The van der Waals surface area contributed by atoms with E-state index < -0.39 is 29.4 Å². The Kier molecular flexibility index (Phi) is 10.7. The lowest BCUT2D eigenvalue weighted by Gasteiger charge is -2.19. The number of amides is 2. The van der Waals surface area contributed by atoms with Gasteiger partial charge in [0.1, 0.15) is 6.04 Å². The molecule has 2 atom stereocenters. The number of carbonyl (C=O) groups is 3. The summed E-state index contributed by atoms with van der Waals surface area (Å²) < 4.78 is 16.9. The number of fused-ring (bicyclic) bond motifs is 3. The molecule has 0 unspecified atom stereocenters. The highest BCUT2D eigenvalue weighted by atomic mass is 32.2. The van der Waals surface area contributed by atoms with E-state index in [1.807, 2.05) is 12.3 Å². The molecule has 0 radical (unpaired) electrons. The first-order valence-corrected chi connectivity index (χ1v) is 14.1. The molecule has 2 aromatic rings. The van der Waals surface area contributed by atoms with E-state index >= 15 is 0 Å². The fourth-order valence-corrected chi connectivity index (χ4v) is 5.24. The maximum atomic E-state index is 13.3. The minimum atomic E-state index is -1.12. The Morgan fingerprint density at radius 3 is 2.42 bits per heavy atom. The first-order chi connectivity index (χ1) is 19.1. The molecule has 216 valence electrons. The summed E-state index contributed by atoms with van der Waals surface area (Å²) >= 11 is 1.48. The van der Waals surface area contributed by atoms with Crippen molar-refractivity contribution < 1.29 is 33.7 Å². The summed E-state index contributed by atoms with van der Waals surface area (Å²) in [5, 5.41) is 17.6. The van der Waals surface area contributed by atoms with Crippen LogP contribution in [-0.2, 0) is 20.8 Å². The topological polar surface area (TPSA) is 152 Å². The number of carbonyl (C=O) groups excluding carboxylic acids is 2. The van der Waals surface area contributed by atoms with Crippen LogP contribution in [0.3, 0.4) is 0 Å². The van der Waals surface area contributed by atoms with Gasteiger partial charge >= 0.3 is 5.97 Å². The lowest BCUT2D eigenvalue weighted by atomic mass is 9.95. The van der Waals surface area contributed by atoms with Crippen LogP contribution in [0.5, 0.6) is 17.2 Å². The third kappa shape index (κ3) is 6.98. The minimum absolute atomic E-state index is 0.141. The highest BCUT2D eigenvalue weighted by Crippen LogP contribution is 2.50. The first kappa shape index (κ1) is 30.6. The number of benzene rings is 1. The van der Waals surface area contributed by atoms with Crippen molar-refractivity contribution in [1.29, 1.82) is 0 Å². The quantitative estimate of drug-likeness (QED) is 0.298. The highest BCUT2D eigenvalue weighted by Gasteiger charge is 2.29. The van der Waals surface area contributed by atoms with Crippen LogP contribution in [0.15, 0.2) is 29.1 Å². The SMILES string of the molecule is COc1cc2c(c(OC)c1OC)-c1ccc(NCC(=O)N[C@@H](CCSC)C(=O)O)c(=O)cc1[C@@H](NC(C)=O)CC2. The van der Waals surface area contributed by atoms with Crippen LogP contribution in [0.25, 0.3) is 11.1 Å². The Morgan fingerprint density at radius 1 is 1.10 bits per heavy atom. The van der Waals surface area contributed by atoms with Gasteiger partial charge in [0.2, 0.25) is 23.0 Å². The predicted octanol–water partition coefficient (Wildman–Crippen LogP) is 2.60. The third-order valence-corrected chi connectivity index (χ3v) is 7.24. The lowest BCUT2D eigenvalue weighted by molar-refractivity contribution is -0.141. The molecular formula is C28H35N3O8S. The zero-order valence-electron chi connectivity index (χ0n) is 23.2. The van der Waals surface area contributed by atoms with E-state index in [1.165, 1.54) is 46.1 Å². The smallest absolute Gasteiger partial charge is 0.326 e. The molecule has 1 aliphatic rings. The lowest BCUT2D eigenvalue weighted by Crippen LogP contribution is -2.43. The van der Waals surface area contributed by atoms with E-state index in [2.05, 4.69) is 16.0 Å². The number of carboxylic acid groups (broad SMARTS) is 1. The fraction of sp³-hybridized carbons (Fsp3) is 0.429. The van der Waals surface area contributed by atoms with Crippen LogP contribution in [-0.4, -0.2) is 68.8 Å². The Balaban J connectivity index is 2.06. The van der Waals surface area contributed by atoms with E-state index in [9.17, 15) is 24.3 Å². The fourth-order valence-electron chi connectivity index (χ4n) is 4.77. The number of aliphatic carboxylic acids is 1. The van der Waals surface area contributed by atoms with Gasteiger partial charge in [-0.1, -0.05) is 6.07 Å². The number of thioether (sulfide) groups is 1. The van der Waals surface area contributed by atoms with Crippen LogP contribution in [0, 0.1) is 0 Å². The molecule has 4 N–H and O–H groups in total. The van der Waals surface area contributed by atoms with Gasteiger partial charge in [-0.15, -0.1) is 0 Å². The van der Waals surface area contributed by atoms with Crippen LogP contribution < -0.4 is 35.6 Å². The van der Waals surface area contributed by atoms with Crippen molar-refractivity contribution in [3.05, 3.63) is 45.6 Å². The molecule has 3 rings (SSSR count). The molecule has 11 nitrogen and oxygen atoms in total. The van der Waals surface area contributed by atoms with Crippen molar-refractivity contribution in [3.63, 3.8) is 0 Å². The summed E-state index contributed by atoms with van der Waals surface area (Å²) in [5.74, 6) is -0.0241. The van der Waals surface area contributed by atoms with Crippen LogP contribution in [0.2, 0.25) is 0 Å². The summed E-state index contributed by atoms with van der Waals surface area (Å²) in [6, 6.07) is 5.12. The van der Waals surface area contributed by atoms with Gasteiger partial charge in [0.05, 0.1) is 39.6 Å². The largest absolute Gasteiger partial charge is 0.493 e. The molecular weight excluding hydrogens is 538 g/mol. The van der Waals surface area contributed by atoms with Crippen molar-refractivity contribution in [3.8, 4) is 28.4 Å². The highest BCUT2D eigenvalue weighted by molar-refractivity contribution is 7.98. The summed E-state index contributed by atoms with van der Waals surface area (Å²) in [5.41, 5.74) is 2.58. The van der Waals surface area contributed by atoms with Crippen molar-refractivity contribution in [1.82, 2.24) is 10.6 Å². The van der Waals surface area contributed by atoms with Gasteiger partial charge in [-0.25, -0.2) is 4.79 Å². The van der Waals surface area contributed by atoms with Crippen LogP contribution in [0.4, 0.5) is 5.69 Å². The Labute approximate surface area is 237 Å². The molecule has 0 bridgehead atoms. The molecule has 2 amide bonds. The standard InChI is InChI=1S/C28H35N3O8S/c1-15(32)30-19-8-6-16-12-23(37-2)26(38-3)27(39-4)25(16)17-7-9-20(22(33)13-18(17)19)29-14-24(34)31-21(28(35)36)10-11-40-5/h7,9,12-13,19,21H,6,8,10-11,14H2,1-5H3,(H,29,33)(H,30,32)(H,31,34)(H,35,36)/t19-,21-/m0/s1. The zero-order valence-corrected chi connectivity index (χ0v) is 24.0. The third-order valence-electron chi connectivity index (χ3n) is 6.60. The molecule has 2 aromatic carbocycles. The molecule has 12 heteroatoms. The van der Waals surface area contributed by atoms with E-state index in [0.29, 0.717) is 52.5 Å². The Hall–Kier alpha value is -3.93. The van der Waals surface area contributed by atoms with Crippen LogP contribution in [0.1, 0.15) is 36.9 Å². The average Bonchev–Trinajstić information content (AvgIpc) is 3.16. The minimum Gasteiger partial charge on any atom is -0.493 e. The number of hydrogen-bond acceptors (Lipinski definition) is 9. The van der Waals surface area contributed by atoms with Gasteiger partial charge in [0, 0.05) is 12.5 Å². The molecule has 0 saturated carbocycles. The van der Waals surface area contributed by atoms with Crippen molar-refractivity contribution in [2.75, 3.05) is 45.2 Å². The maximum Gasteiger partial charge on any atom is 0.326 e. The molecule has 0 fully saturated rings. The molecule has 0 aromatic heterocycles. The molecule has 0 spiro atoms. The van der Waals surface area contributed by atoms with Gasteiger partial charge in [-0.2, -0.15) is 11.8 Å². The van der Waals surface area contributed by atoms with Crippen molar-refractivity contribution in [2.24, 2.45) is 0 Å². The molecule has 40 heavy (non-hydrogen) atoms. The van der Waals surface area contributed by atoms with E-state index in [0.717, 1.165) is 5.56 Å². The number of rotatable bonds is 12. The summed E-state index contributed by atoms with van der Waals surface area (Å²) in [6.45, 7) is 1.12. The van der Waals surface area contributed by atoms with Crippen molar-refractivity contribution in [2.45, 2.75) is 38.3 Å². The summed E-state index contributed by atoms with van der Waals surface area (Å²) in [4.78, 5) is 49.4. The summed E-state index contributed by atoms with van der Waals surface area (Å²) in [6.07, 6.45) is 3.21. The molecule has 0 saturated heterocycles. The normalized spacial score (nSPS) is 14.5. The number of ether oxygens (including phenoxy) is 3. The monoisotopic (exact) mass is 573 g/mol. The van der Waals surface area contributed by atoms with Gasteiger partial charge < -0.3 is 35.3 Å². The Morgan fingerprint density at radius 2 is 1.82 bits per heavy atom. The molecule has 0 heterocycles. The summed E-state index contributed by atoms with van der Waals surface area (Å²) in [7, 11) is 4.56. The number of nitrogens with one attached hydrogen (secondary N) is 3. The molecule has 1 aliphatic carbocycles. The first-order valence-electron chi connectivity index (χ1n) is 12.7. The average molecular weight is 574 g/mol. The maximum absolute atomic E-state index is 13.3. The van der Waals surface area contributed by atoms with Gasteiger partial charge in [-0.3, -0.25) is 14.4 Å². The number of aryl methyl sites for hydroxylation is 1.